The van der Waals surface area contributed by atoms with Crippen molar-refractivity contribution in [3.63, 3.8) is 0 Å². The van der Waals surface area contributed by atoms with Gasteiger partial charge in [0.15, 0.2) is 11.5 Å². The van der Waals surface area contributed by atoms with E-state index >= 15 is 0 Å². The van der Waals surface area contributed by atoms with Crippen molar-refractivity contribution in [1.29, 1.82) is 0 Å². The summed E-state index contributed by atoms with van der Waals surface area (Å²) >= 11 is 0. The molecule has 3 heterocycles. The number of para-hydroxylation sites is 2. The largest absolute Gasteiger partial charge is 0.440 e. The van der Waals surface area contributed by atoms with E-state index in [2.05, 4.69) is 26.8 Å². The number of aromatic nitrogens is 3. The number of piperidine rings is 1. The van der Waals surface area contributed by atoms with Crippen LogP contribution in [-0.4, -0.2) is 28.0 Å². The predicted octanol–water partition coefficient (Wildman–Crippen LogP) is 3.15. The Morgan fingerprint density at radius 3 is 2.75 bits per heavy atom. The maximum absolute atomic E-state index is 5.94. The average molecular weight is 323 g/mol. The zero-order valence-electron chi connectivity index (χ0n) is 13.8. The Labute approximate surface area is 140 Å². The number of nitrogens with zero attached hydrogens (tertiary/aromatic N) is 4. The van der Waals surface area contributed by atoms with Gasteiger partial charge in [-0.3, -0.25) is 0 Å². The smallest absolute Gasteiger partial charge is 0.221 e. The second kappa shape index (κ2) is 6.11. The quantitative estimate of drug-likeness (QED) is 0.797. The van der Waals surface area contributed by atoms with Gasteiger partial charge in [0.25, 0.3) is 0 Å². The first-order valence-electron chi connectivity index (χ1n) is 8.46. The van der Waals surface area contributed by atoms with Gasteiger partial charge in [0, 0.05) is 30.8 Å². The van der Waals surface area contributed by atoms with Crippen LogP contribution in [-0.2, 0) is 6.42 Å². The first-order valence-corrected chi connectivity index (χ1v) is 8.46. The van der Waals surface area contributed by atoms with Crippen molar-refractivity contribution >= 4 is 22.9 Å². The lowest BCUT2D eigenvalue weighted by atomic mass is 9.96. The zero-order valence-corrected chi connectivity index (χ0v) is 13.8. The summed E-state index contributed by atoms with van der Waals surface area (Å²) in [5.74, 6) is 2.52. The van der Waals surface area contributed by atoms with Crippen LogP contribution in [0.5, 0.6) is 0 Å². The first-order chi connectivity index (χ1) is 11.7. The van der Waals surface area contributed by atoms with Gasteiger partial charge in [-0.1, -0.05) is 19.1 Å². The molecule has 0 spiro atoms. The minimum Gasteiger partial charge on any atom is -0.440 e. The van der Waals surface area contributed by atoms with E-state index < -0.39 is 0 Å². The van der Waals surface area contributed by atoms with E-state index in [1.165, 1.54) is 0 Å². The van der Waals surface area contributed by atoms with Crippen LogP contribution in [0.2, 0.25) is 0 Å². The van der Waals surface area contributed by atoms with Gasteiger partial charge >= 0.3 is 0 Å². The minimum atomic E-state index is 0.336. The average Bonchev–Trinajstić information content (AvgIpc) is 3.06. The van der Waals surface area contributed by atoms with Crippen molar-refractivity contribution in [2.75, 3.05) is 23.7 Å². The molecule has 24 heavy (non-hydrogen) atoms. The first kappa shape index (κ1) is 14.9. The number of nitrogen functional groups attached to an aromatic ring is 1. The van der Waals surface area contributed by atoms with Crippen molar-refractivity contribution in [3.05, 3.63) is 41.9 Å². The molecule has 0 bridgehead atoms. The Hall–Kier alpha value is -2.63. The number of benzene rings is 1. The molecule has 0 saturated carbocycles. The SMILES string of the molecule is CCc1cnc(N)nc1N1CCC(c2nc3ccccc3o2)CC1. The van der Waals surface area contributed by atoms with E-state index in [-0.39, 0.29) is 0 Å². The Kier molecular flexibility index (Phi) is 3.80. The molecule has 6 nitrogen and oxygen atoms in total. The third-order valence-electron chi connectivity index (χ3n) is 4.70. The fraction of sp³-hybridized carbons (Fsp3) is 0.389. The molecule has 4 rings (SSSR count). The Balaban J connectivity index is 1.51. The van der Waals surface area contributed by atoms with Gasteiger partial charge in [0.2, 0.25) is 5.95 Å². The van der Waals surface area contributed by atoms with Crippen molar-refractivity contribution in [1.82, 2.24) is 15.0 Å². The number of aryl methyl sites for hydroxylation is 1. The molecular formula is C18H21N5O. The van der Waals surface area contributed by atoms with E-state index in [0.29, 0.717) is 11.9 Å². The third kappa shape index (κ3) is 2.68. The van der Waals surface area contributed by atoms with Crippen molar-refractivity contribution in [3.8, 4) is 0 Å². The van der Waals surface area contributed by atoms with Crippen LogP contribution >= 0.6 is 0 Å². The maximum Gasteiger partial charge on any atom is 0.221 e. The van der Waals surface area contributed by atoms with E-state index in [1.807, 2.05) is 30.5 Å². The van der Waals surface area contributed by atoms with Gasteiger partial charge < -0.3 is 15.1 Å². The van der Waals surface area contributed by atoms with Gasteiger partial charge in [-0.25, -0.2) is 9.97 Å². The third-order valence-corrected chi connectivity index (χ3v) is 4.70. The number of anilines is 2. The fourth-order valence-corrected chi connectivity index (χ4v) is 3.34. The molecule has 1 fully saturated rings. The minimum absolute atomic E-state index is 0.336. The molecule has 0 unspecified atom stereocenters. The summed E-state index contributed by atoms with van der Waals surface area (Å²) in [5.41, 5.74) is 8.72. The molecule has 1 aliphatic rings. The molecule has 3 aromatic rings. The summed E-state index contributed by atoms with van der Waals surface area (Å²) in [6.07, 6.45) is 4.74. The molecule has 0 radical (unpaired) electrons. The highest BCUT2D eigenvalue weighted by Crippen LogP contribution is 2.32. The van der Waals surface area contributed by atoms with Crippen molar-refractivity contribution in [2.45, 2.75) is 32.1 Å². The maximum atomic E-state index is 5.94. The number of hydrogen-bond acceptors (Lipinski definition) is 6. The van der Waals surface area contributed by atoms with Crippen LogP contribution in [0.1, 0.15) is 37.1 Å². The lowest BCUT2D eigenvalue weighted by molar-refractivity contribution is 0.406. The van der Waals surface area contributed by atoms with E-state index in [9.17, 15) is 0 Å². The number of hydrogen-bond donors (Lipinski definition) is 1. The highest BCUT2D eigenvalue weighted by molar-refractivity contribution is 5.72. The van der Waals surface area contributed by atoms with Gasteiger partial charge in [0.05, 0.1) is 0 Å². The molecule has 2 aromatic heterocycles. The molecule has 1 aliphatic heterocycles. The lowest BCUT2D eigenvalue weighted by Gasteiger charge is -2.32. The van der Waals surface area contributed by atoms with Gasteiger partial charge in [-0.2, -0.15) is 4.98 Å². The summed E-state index contributed by atoms with van der Waals surface area (Å²) in [6.45, 7) is 3.96. The molecule has 1 aromatic carbocycles. The predicted molar refractivity (Wildman–Crippen MR) is 94.0 cm³/mol. The van der Waals surface area contributed by atoms with E-state index in [1.54, 1.807) is 0 Å². The molecule has 0 aliphatic carbocycles. The molecule has 124 valence electrons. The van der Waals surface area contributed by atoms with Crippen LogP contribution in [0.15, 0.2) is 34.9 Å². The van der Waals surface area contributed by atoms with Gasteiger partial charge in [0.1, 0.15) is 11.3 Å². The molecular weight excluding hydrogens is 302 g/mol. The molecule has 6 heteroatoms. The highest BCUT2D eigenvalue weighted by Gasteiger charge is 2.26. The van der Waals surface area contributed by atoms with Crippen LogP contribution < -0.4 is 10.6 Å². The normalized spacial score (nSPS) is 16.0. The zero-order chi connectivity index (χ0) is 16.5. The Morgan fingerprint density at radius 1 is 1.21 bits per heavy atom. The number of rotatable bonds is 3. The van der Waals surface area contributed by atoms with E-state index in [4.69, 9.17) is 10.2 Å². The van der Waals surface area contributed by atoms with E-state index in [0.717, 1.165) is 60.7 Å². The van der Waals surface area contributed by atoms with Crippen LogP contribution in [0.3, 0.4) is 0 Å². The fourth-order valence-electron chi connectivity index (χ4n) is 3.34. The summed E-state index contributed by atoms with van der Waals surface area (Å²) in [4.78, 5) is 15.5. The van der Waals surface area contributed by atoms with Crippen LogP contribution in [0.25, 0.3) is 11.1 Å². The molecule has 0 amide bonds. The topological polar surface area (TPSA) is 81.1 Å². The van der Waals surface area contributed by atoms with Gasteiger partial charge in [-0.05, 0) is 31.4 Å². The standard InChI is InChI=1S/C18H21N5O/c1-2-12-11-20-18(19)22-16(12)23-9-7-13(8-10-23)17-21-14-5-3-4-6-15(14)24-17/h3-6,11,13H,2,7-10H2,1H3,(H2,19,20,22). The van der Waals surface area contributed by atoms with Crippen LogP contribution in [0, 0.1) is 0 Å². The molecule has 1 saturated heterocycles. The molecule has 0 atom stereocenters. The number of oxazole rings is 1. The monoisotopic (exact) mass is 323 g/mol. The second-order valence-corrected chi connectivity index (χ2v) is 6.21. The van der Waals surface area contributed by atoms with Gasteiger partial charge in [-0.15, -0.1) is 0 Å². The Bertz CT molecular complexity index is 818. The van der Waals surface area contributed by atoms with Crippen molar-refractivity contribution < 1.29 is 4.42 Å². The number of fused-ring (bicyclic) bond motifs is 1. The summed E-state index contributed by atoms with van der Waals surface area (Å²) in [5, 5.41) is 0. The lowest BCUT2D eigenvalue weighted by Crippen LogP contribution is -2.34. The molecule has 2 N–H and O–H groups in total. The summed E-state index contributed by atoms with van der Waals surface area (Å²) in [6, 6.07) is 7.93. The highest BCUT2D eigenvalue weighted by atomic mass is 16.3. The van der Waals surface area contributed by atoms with Crippen LogP contribution in [0.4, 0.5) is 11.8 Å². The summed E-state index contributed by atoms with van der Waals surface area (Å²) in [7, 11) is 0. The van der Waals surface area contributed by atoms with Crippen molar-refractivity contribution in [2.24, 2.45) is 0 Å². The summed E-state index contributed by atoms with van der Waals surface area (Å²) < 4.78 is 5.94. The second-order valence-electron chi connectivity index (χ2n) is 6.21. The Morgan fingerprint density at radius 2 is 2.00 bits per heavy atom. The number of nitrogens with two attached hydrogens (primary N) is 1.